The molecule has 0 saturated carbocycles. The molecule has 0 fully saturated rings. The number of nitrogens with zero attached hydrogens (tertiary/aromatic N) is 2. The number of ether oxygens (including phenoxy) is 8. The lowest BCUT2D eigenvalue weighted by Crippen LogP contribution is -2.37. The van der Waals surface area contributed by atoms with Gasteiger partial charge in [-0.2, -0.15) is 0 Å². The summed E-state index contributed by atoms with van der Waals surface area (Å²) >= 11 is 13.2. The molecule has 4 atom stereocenters. The second kappa shape index (κ2) is 44.8. The molecule has 8 aromatic rings. The van der Waals surface area contributed by atoms with Crippen LogP contribution in [0.1, 0.15) is 114 Å². The molecule has 0 bridgehead atoms. The molecule has 0 aliphatic carbocycles. The molecule has 0 saturated heterocycles. The molecule has 622 valence electrons. The maximum absolute atomic E-state index is 13.5. The largest absolute Gasteiger partial charge is 0.463 e. The maximum atomic E-state index is 13.5. The summed E-state index contributed by atoms with van der Waals surface area (Å²) in [6.45, 7) is 11.6. The Morgan fingerprint density at radius 2 is 0.500 bits per heavy atom. The summed E-state index contributed by atoms with van der Waals surface area (Å²) in [5, 5.41) is 43.6. The molecule has 4 unspecified atom stereocenters. The second-order valence-corrected chi connectivity index (χ2v) is 34.5. The van der Waals surface area contributed by atoms with Gasteiger partial charge in [-0.1, -0.05) is 196 Å². The fraction of sp³-hybridized carbons (Fsp3) is 0.391. The summed E-state index contributed by atoms with van der Waals surface area (Å²) in [6.07, 6.45) is 0.227. The van der Waals surface area contributed by atoms with Crippen LogP contribution >= 0.6 is 63.7 Å². The van der Waals surface area contributed by atoms with Crippen molar-refractivity contribution in [1.29, 1.82) is 0 Å². The van der Waals surface area contributed by atoms with E-state index in [0.29, 0.717) is 22.5 Å². The van der Waals surface area contributed by atoms with Gasteiger partial charge in [0.15, 0.2) is 0 Å². The van der Waals surface area contributed by atoms with Gasteiger partial charge in [0.2, 0.25) is 0 Å². The number of alkyl halides is 4. The maximum Gasteiger partial charge on any atom is 0.319 e. The monoisotopic (exact) mass is 1860 g/mol. The first-order chi connectivity index (χ1) is 56.3. The van der Waals surface area contributed by atoms with E-state index in [-0.39, 0.29) is 131 Å². The molecule has 22 nitrogen and oxygen atoms in total. The third-order valence-corrected chi connectivity index (χ3v) is 21.9. The quantitative estimate of drug-likeness (QED) is 0.00919. The molecular formula is C92H96Br4N2O20. The lowest BCUT2D eigenvalue weighted by Gasteiger charge is -2.28. The number of carbonyl (C=O) groups is 8. The van der Waals surface area contributed by atoms with Gasteiger partial charge in [0.25, 0.3) is 0 Å². The van der Waals surface area contributed by atoms with E-state index < -0.39 is 88.7 Å². The van der Waals surface area contributed by atoms with Gasteiger partial charge in [0.05, 0.1) is 74.3 Å². The molecule has 0 aliphatic heterocycles. The minimum atomic E-state index is -1.11. The zero-order valence-electron chi connectivity index (χ0n) is 67.0. The third kappa shape index (κ3) is 26.3. The minimum absolute atomic E-state index is 0.0567. The Balaban J connectivity index is 1.03. The molecule has 8 rings (SSSR count). The number of esters is 8. The molecule has 118 heavy (non-hydrogen) atoms. The number of halogens is 4. The Morgan fingerprint density at radius 1 is 0.297 bits per heavy atom. The van der Waals surface area contributed by atoms with Gasteiger partial charge >= 0.3 is 47.8 Å². The third-order valence-electron chi connectivity index (χ3n) is 19.1. The van der Waals surface area contributed by atoms with Gasteiger partial charge in [0, 0.05) is 44.8 Å². The van der Waals surface area contributed by atoms with Gasteiger partial charge in [-0.3, -0.25) is 38.4 Å². The zero-order valence-corrected chi connectivity index (χ0v) is 73.4. The van der Waals surface area contributed by atoms with E-state index in [9.17, 15) is 38.4 Å². The van der Waals surface area contributed by atoms with E-state index in [1.54, 1.807) is 55.4 Å². The average Bonchev–Trinajstić information content (AvgIpc) is 0.758. The van der Waals surface area contributed by atoms with Crippen LogP contribution in [0.4, 0.5) is 11.4 Å². The van der Waals surface area contributed by atoms with Crippen molar-refractivity contribution in [3.05, 3.63) is 179 Å². The van der Waals surface area contributed by atoms with E-state index in [1.807, 2.05) is 155 Å². The van der Waals surface area contributed by atoms with E-state index >= 15 is 0 Å². The number of hydrogen-bond donors (Lipinski definition) is 4. The van der Waals surface area contributed by atoms with Crippen LogP contribution in [-0.4, -0.2) is 193 Å². The molecule has 0 heterocycles. The zero-order chi connectivity index (χ0) is 85.7. The molecule has 0 spiro atoms. The van der Waals surface area contributed by atoms with Crippen LogP contribution in [0.3, 0.4) is 0 Å². The van der Waals surface area contributed by atoms with Crippen LogP contribution in [-0.2, 0) is 76.3 Å². The predicted molar refractivity (Wildman–Crippen MR) is 466 cm³/mol. The highest BCUT2D eigenvalue weighted by Crippen LogP contribution is 2.37. The molecule has 0 aromatic heterocycles. The van der Waals surface area contributed by atoms with E-state index in [2.05, 4.69) is 111 Å². The number of benzene rings is 8. The minimum Gasteiger partial charge on any atom is -0.463 e. The van der Waals surface area contributed by atoms with Crippen molar-refractivity contribution in [1.82, 2.24) is 0 Å². The smallest absolute Gasteiger partial charge is 0.319 e. The van der Waals surface area contributed by atoms with Crippen LogP contribution in [0.15, 0.2) is 146 Å². The summed E-state index contributed by atoms with van der Waals surface area (Å²) in [4.78, 5) is 105. The Hall–Kier alpha value is -9.84. The highest BCUT2D eigenvalue weighted by molar-refractivity contribution is 9.10. The van der Waals surface area contributed by atoms with Gasteiger partial charge < -0.3 is 68.1 Å². The van der Waals surface area contributed by atoms with Crippen molar-refractivity contribution >= 4 is 166 Å². The molecule has 0 amide bonds. The summed E-state index contributed by atoms with van der Waals surface area (Å²) < 4.78 is 43.3. The molecular weight excluding hydrogens is 1770 g/mol. The lowest BCUT2D eigenvalue weighted by molar-refractivity contribution is -0.156. The molecule has 26 heteroatoms. The molecule has 0 aliphatic rings. The topological polar surface area (TPSA) is 298 Å². The number of aliphatic hydroxyl groups is 4. The van der Waals surface area contributed by atoms with Crippen LogP contribution in [0.2, 0.25) is 0 Å². The SMILES string of the molecule is CC(C)(CC(Br)C(=O)OCCO)C(=O)OCCN(CCOC(=O)C(C)(C)CC(Br)C(=O)OCCO)c1ccc(C#Cc2c3ccccc3c(C#CC#Cc3c4ccccc4c(C#Cc4ccc(N(CCOC(=O)C(C)(C)CC(Br)C(=O)OCCO)CCOC(=O)C(C)(C)CC(Br)C(=O)OCCO)cc4)c4ccccc34)c3ccccc23)cc1. The Morgan fingerprint density at radius 3 is 0.703 bits per heavy atom. The highest BCUT2D eigenvalue weighted by atomic mass is 79.9. The Labute approximate surface area is 721 Å². The highest BCUT2D eigenvalue weighted by Gasteiger charge is 2.39. The van der Waals surface area contributed by atoms with E-state index in [0.717, 1.165) is 65.3 Å². The number of aliphatic hydroxyl groups excluding tert-OH is 4. The van der Waals surface area contributed by atoms with Gasteiger partial charge in [-0.25, -0.2) is 0 Å². The normalized spacial score (nSPS) is 12.4. The summed E-state index contributed by atoms with van der Waals surface area (Å²) in [5.41, 5.74) is 1.53. The fourth-order valence-electron chi connectivity index (χ4n) is 12.7. The number of hydrogen-bond acceptors (Lipinski definition) is 22. The van der Waals surface area contributed by atoms with Crippen molar-refractivity contribution < 1.29 is 96.7 Å². The van der Waals surface area contributed by atoms with Crippen molar-refractivity contribution in [3.63, 3.8) is 0 Å². The van der Waals surface area contributed by atoms with Crippen molar-refractivity contribution in [2.75, 3.05) is 115 Å². The Kier molecular flexibility index (Phi) is 35.6. The first-order valence-electron chi connectivity index (χ1n) is 38.3. The fourth-order valence-corrected chi connectivity index (χ4v) is 16.5. The number of carbonyl (C=O) groups excluding carboxylic acids is 8. The van der Waals surface area contributed by atoms with Gasteiger partial charge in [-0.05, 0) is 185 Å². The number of anilines is 2. The predicted octanol–water partition coefficient (Wildman–Crippen LogP) is 13.1. The van der Waals surface area contributed by atoms with Gasteiger partial charge in [-0.15, -0.1) is 0 Å². The number of fused-ring (bicyclic) bond motifs is 4. The lowest BCUT2D eigenvalue weighted by atomic mass is 9.88. The van der Waals surface area contributed by atoms with Crippen molar-refractivity contribution in [2.45, 2.75) is 100 Å². The molecule has 0 radical (unpaired) electrons. The van der Waals surface area contributed by atoms with Gasteiger partial charge in [0.1, 0.15) is 72.2 Å². The van der Waals surface area contributed by atoms with Crippen LogP contribution in [0.25, 0.3) is 43.1 Å². The standard InChI is InChI=1S/C92H96Br4N2O20/c1-89(2,57-77(93)81(103)111-53-45-99)85(107)115-49-41-97(42-50-116-86(108)90(3,4)58-78(94)82(104)112-54-46-100)63-35-29-61(30-36-63)33-39-75-71-25-15-11-21-67(71)65(68-22-12-16-26-72(68)75)19-9-10-20-66-69-23-13-17-27-73(69)76(74-28-18-14-24-70(66)74)40-34-62-31-37-64(38-32-62)98(43-51-117-87(109)91(5,6)59-79(95)83(105)113-55-47-101)44-52-118-88(110)92(7,8)60-80(96)84(106)114-56-48-102/h11-18,21-32,35-38,77-80,99-102H,41-60H2,1-8H3. The summed E-state index contributed by atoms with van der Waals surface area (Å²) in [5.74, 6) is 22.4. The van der Waals surface area contributed by atoms with Crippen molar-refractivity contribution in [2.24, 2.45) is 21.7 Å². The summed E-state index contributed by atoms with van der Waals surface area (Å²) in [6, 6.07) is 46.9. The summed E-state index contributed by atoms with van der Waals surface area (Å²) in [7, 11) is 0. The Bertz CT molecular complexity index is 4620. The first-order valence-corrected chi connectivity index (χ1v) is 42.0. The number of rotatable bonds is 38. The molecule has 8 aromatic carbocycles. The van der Waals surface area contributed by atoms with Crippen molar-refractivity contribution in [3.8, 4) is 47.4 Å². The van der Waals surface area contributed by atoms with E-state index in [4.69, 9.17) is 58.3 Å². The van der Waals surface area contributed by atoms with Crippen LogP contribution in [0.5, 0.6) is 0 Å². The van der Waals surface area contributed by atoms with Crippen LogP contribution < -0.4 is 9.80 Å². The second-order valence-electron chi connectivity index (χ2n) is 30.1. The molecule has 4 N–H and O–H groups in total. The van der Waals surface area contributed by atoms with E-state index in [1.165, 1.54) is 0 Å². The van der Waals surface area contributed by atoms with Crippen LogP contribution in [0, 0.1) is 69.0 Å². The average molecular weight is 1870 g/mol. The first kappa shape index (κ1) is 93.7.